The molecule has 0 aliphatic heterocycles. The Kier molecular flexibility index (Phi) is 8.40. The second kappa shape index (κ2) is 11.9. The standard InChI is InChI=1S/C29H28O2S2/c30-26-16-14-24(22-10-4-1-5-11-22)20-28(26)32-18-8-3-9-19-33-29-21-25(15-17-27(29)31)23-12-6-2-7-13-23/h1-2,4-7,10-17,20-21,30-31H,3,8-9,18-19H2. The zero-order valence-electron chi connectivity index (χ0n) is 18.5. The highest BCUT2D eigenvalue weighted by Gasteiger charge is 2.07. The van der Waals surface area contributed by atoms with Crippen LogP contribution in [0, 0.1) is 0 Å². The lowest BCUT2D eigenvalue weighted by Crippen LogP contribution is -1.87. The van der Waals surface area contributed by atoms with Gasteiger partial charge in [-0.2, -0.15) is 0 Å². The van der Waals surface area contributed by atoms with Gasteiger partial charge in [0.1, 0.15) is 11.5 Å². The third-order valence-corrected chi connectivity index (χ3v) is 7.70. The van der Waals surface area contributed by atoms with E-state index in [0.717, 1.165) is 62.8 Å². The van der Waals surface area contributed by atoms with Gasteiger partial charge in [0.05, 0.1) is 0 Å². The van der Waals surface area contributed by atoms with Crippen LogP contribution in [0.4, 0.5) is 0 Å². The number of hydrogen-bond acceptors (Lipinski definition) is 4. The molecule has 0 spiro atoms. The molecule has 4 aromatic rings. The average Bonchev–Trinajstić information content (AvgIpc) is 2.86. The first-order chi connectivity index (χ1) is 16.2. The number of rotatable bonds is 10. The quantitative estimate of drug-likeness (QED) is 0.179. The van der Waals surface area contributed by atoms with Crippen LogP contribution in [0.1, 0.15) is 19.3 Å². The van der Waals surface area contributed by atoms with E-state index in [4.69, 9.17) is 0 Å². The largest absolute Gasteiger partial charge is 0.507 e. The van der Waals surface area contributed by atoms with E-state index in [2.05, 4.69) is 36.4 Å². The fourth-order valence-electron chi connectivity index (χ4n) is 3.62. The van der Waals surface area contributed by atoms with Gasteiger partial charge in [0.15, 0.2) is 0 Å². The molecule has 33 heavy (non-hydrogen) atoms. The number of thioether (sulfide) groups is 2. The fraction of sp³-hybridized carbons (Fsp3) is 0.172. The maximum atomic E-state index is 10.2. The van der Waals surface area contributed by atoms with Crippen LogP contribution in [0.3, 0.4) is 0 Å². The van der Waals surface area contributed by atoms with Crippen molar-refractivity contribution in [1.29, 1.82) is 0 Å². The van der Waals surface area contributed by atoms with E-state index in [1.54, 1.807) is 35.7 Å². The molecule has 0 amide bonds. The van der Waals surface area contributed by atoms with Crippen LogP contribution in [0.5, 0.6) is 11.5 Å². The first-order valence-corrected chi connectivity index (χ1v) is 13.2. The van der Waals surface area contributed by atoms with Crippen molar-refractivity contribution in [2.24, 2.45) is 0 Å². The maximum absolute atomic E-state index is 10.2. The molecule has 168 valence electrons. The fourth-order valence-corrected chi connectivity index (χ4v) is 5.61. The van der Waals surface area contributed by atoms with Crippen LogP contribution in [0.2, 0.25) is 0 Å². The first-order valence-electron chi connectivity index (χ1n) is 11.2. The summed E-state index contributed by atoms with van der Waals surface area (Å²) in [7, 11) is 0. The van der Waals surface area contributed by atoms with Crippen molar-refractivity contribution in [2.45, 2.75) is 29.1 Å². The molecule has 0 radical (unpaired) electrons. The van der Waals surface area contributed by atoms with Gasteiger partial charge in [-0.05, 0) is 70.9 Å². The van der Waals surface area contributed by atoms with E-state index in [9.17, 15) is 10.2 Å². The minimum absolute atomic E-state index is 0.351. The third-order valence-electron chi connectivity index (χ3n) is 5.44. The lowest BCUT2D eigenvalue weighted by atomic mass is 10.1. The van der Waals surface area contributed by atoms with Gasteiger partial charge in [-0.3, -0.25) is 0 Å². The molecule has 4 aromatic carbocycles. The lowest BCUT2D eigenvalue weighted by molar-refractivity contribution is 0.462. The van der Waals surface area contributed by atoms with Gasteiger partial charge in [0, 0.05) is 9.79 Å². The van der Waals surface area contributed by atoms with E-state index in [1.165, 1.54) is 0 Å². The van der Waals surface area contributed by atoms with Crippen molar-refractivity contribution in [3.8, 4) is 33.8 Å². The van der Waals surface area contributed by atoms with Gasteiger partial charge >= 0.3 is 0 Å². The number of unbranched alkanes of at least 4 members (excludes halogenated alkanes) is 2. The van der Waals surface area contributed by atoms with Crippen LogP contribution >= 0.6 is 23.5 Å². The van der Waals surface area contributed by atoms with Gasteiger partial charge in [0.25, 0.3) is 0 Å². The summed E-state index contributed by atoms with van der Waals surface area (Å²) in [5.74, 6) is 2.66. The molecule has 4 heteroatoms. The SMILES string of the molecule is Oc1ccc(-c2ccccc2)cc1SCCCCCSc1cc(-c2ccccc2)ccc1O. The normalized spacial score (nSPS) is 10.9. The Balaban J connectivity index is 1.22. The van der Waals surface area contributed by atoms with E-state index >= 15 is 0 Å². The van der Waals surface area contributed by atoms with Crippen LogP contribution in [0.25, 0.3) is 22.3 Å². The molecule has 0 fully saturated rings. The second-order valence-electron chi connectivity index (χ2n) is 7.85. The Morgan fingerprint density at radius 1 is 0.455 bits per heavy atom. The number of phenolic OH excluding ortho intramolecular Hbond substituents is 2. The van der Waals surface area contributed by atoms with Crippen LogP contribution in [-0.2, 0) is 0 Å². The van der Waals surface area contributed by atoms with Crippen molar-refractivity contribution in [1.82, 2.24) is 0 Å². The number of phenols is 2. The van der Waals surface area contributed by atoms with Gasteiger partial charge in [-0.1, -0.05) is 79.2 Å². The molecule has 0 aliphatic rings. The summed E-state index contributed by atoms with van der Waals surface area (Å²) in [6, 6.07) is 32.2. The number of benzene rings is 4. The zero-order chi connectivity index (χ0) is 22.9. The van der Waals surface area contributed by atoms with Crippen molar-refractivity contribution >= 4 is 23.5 Å². The molecular weight excluding hydrogens is 444 g/mol. The van der Waals surface area contributed by atoms with E-state index in [0.29, 0.717) is 11.5 Å². The van der Waals surface area contributed by atoms with Gasteiger partial charge in [-0.25, -0.2) is 0 Å². The Morgan fingerprint density at radius 3 is 1.30 bits per heavy atom. The van der Waals surface area contributed by atoms with Gasteiger partial charge in [-0.15, -0.1) is 23.5 Å². The molecule has 0 aromatic heterocycles. The van der Waals surface area contributed by atoms with Crippen LogP contribution in [0.15, 0.2) is 107 Å². The lowest BCUT2D eigenvalue weighted by Gasteiger charge is -2.09. The molecule has 0 atom stereocenters. The highest BCUT2D eigenvalue weighted by Crippen LogP contribution is 2.35. The summed E-state index contributed by atoms with van der Waals surface area (Å²) in [5, 5.41) is 20.5. The minimum atomic E-state index is 0.351. The molecule has 4 rings (SSSR count). The number of aromatic hydroxyl groups is 2. The second-order valence-corrected chi connectivity index (χ2v) is 10.1. The molecule has 0 aliphatic carbocycles. The summed E-state index contributed by atoms with van der Waals surface area (Å²) in [6.07, 6.45) is 3.31. The molecule has 2 nitrogen and oxygen atoms in total. The number of hydrogen-bond donors (Lipinski definition) is 2. The Bertz CT molecular complexity index is 1070. The van der Waals surface area contributed by atoms with Crippen molar-refractivity contribution in [3.63, 3.8) is 0 Å². The Labute approximate surface area is 204 Å². The summed E-state index contributed by atoms with van der Waals surface area (Å²) in [4.78, 5) is 1.88. The smallest absolute Gasteiger partial charge is 0.129 e. The molecular formula is C29H28O2S2. The summed E-state index contributed by atoms with van der Waals surface area (Å²) in [5.41, 5.74) is 4.58. The van der Waals surface area contributed by atoms with Crippen LogP contribution in [-0.4, -0.2) is 21.7 Å². The Hall–Kier alpha value is -2.82. The molecule has 0 saturated carbocycles. The summed E-state index contributed by atoms with van der Waals surface area (Å²) < 4.78 is 0. The zero-order valence-corrected chi connectivity index (χ0v) is 20.1. The predicted molar refractivity (Wildman–Crippen MR) is 142 cm³/mol. The van der Waals surface area contributed by atoms with Gasteiger partial charge < -0.3 is 10.2 Å². The average molecular weight is 473 g/mol. The highest BCUT2D eigenvalue weighted by atomic mass is 32.2. The molecule has 0 saturated heterocycles. The maximum Gasteiger partial charge on any atom is 0.129 e. The summed E-state index contributed by atoms with van der Waals surface area (Å²) >= 11 is 3.43. The van der Waals surface area contributed by atoms with Crippen LogP contribution < -0.4 is 0 Å². The van der Waals surface area contributed by atoms with Crippen molar-refractivity contribution < 1.29 is 10.2 Å². The van der Waals surface area contributed by atoms with E-state index < -0.39 is 0 Å². The van der Waals surface area contributed by atoms with E-state index in [-0.39, 0.29) is 0 Å². The van der Waals surface area contributed by atoms with E-state index in [1.807, 2.05) is 48.5 Å². The molecule has 0 heterocycles. The third kappa shape index (κ3) is 6.59. The Morgan fingerprint density at radius 2 is 0.879 bits per heavy atom. The molecule has 2 N–H and O–H groups in total. The predicted octanol–water partition coefficient (Wildman–Crippen LogP) is 8.49. The summed E-state index contributed by atoms with van der Waals surface area (Å²) in [6.45, 7) is 0. The monoisotopic (exact) mass is 472 g/mol. The minimum Gasteiger partial charge on any atom is -0.507 e. The van der Waals surface area contributed by atoms with Gasteiger partial charge in [0.2, 0.25) is 0 Å². The molecule has 0 unspecified atom stereocenters. The topological polar surface area (TPSA) is 40.5 Å². The van der Waals surface area contributed by atoms with Crippen molar-refractivity contribution in [2.75, 3.05) is 11.5 Å². The first kappa shape index (κ1) is 23.3. The molecule has 0 bridgehead atoms. The van der Waals surface area contributed by atoms with Crippen molar-refractivity contribution in [3.05, 3.63) is 97.1 Å². The highest BCUT2D eigenvalue weighted by molar-refractivity contribution is 7.99.